The van der Waals surface area contributed by atoms with E-state index in [1.165, 1.54) is 0 Å². The van der Waals surface area contributed by atoms with Crippen molar-refractivity contribution in [3.05, 3.63) is 11.3 Å². The first kappa shape index (κ1) is 17.2. The number of hydrogen-bond donors (Lipinski definition) is 0. The lowest BCUT2D eigenvalue weighted by atomic mass is 10.00. The van der Waals surface area contributed by atoms with E-state index >= 15 is 0 Å². The quantitative estimate of drug-likeness (QED) is 0.523. The van der Waals surface area contributed by atoms with Gasteiger partial charge in [0.1, 0.15) is 11.3 Å². The first-order chi connectivity index (χ1) is 10.1. The fourth-order valence-corrected chi connectivity index (χ4v) is 2.18. The average molecular weight is 297 g/mol. The van der Waals surface area contributed by atoms with Crippen LogP contribution in [-0.4, -0.2) is 48.9 Å². The van der Waals surface area contributed by atoms with Gasteiger partial charge >= 0.3 is 11.9 Å². The summed E-state index contributed by atoms with van der Waals surface area (Å²) in [4.78, 5) is 38.0. The molecule has 0 aromatic rings. The van der Waals surface area contributed by atoms with Crippen LogP contribution in [0.5, 0.6) is 0 Å². The molecule has 1 heterocycles. The molecule has 6 nitrogen and oxygen atoms in total. The predicted molar refractivity (Wildman–Crippen MR) is 76.4 cm³/mol. The van der Waals surface area contributed by atoms with Crippen LogP contribution in [0.2, 0.25) is 0 Å². The van der Waals surface area contributed by atoms with Crippen LogP contribution in [0.1, 0.15) is 40.0 Å². The van der Waals surface area contributed by atoms with E-state index in [9.17, 15) is 14.4 Å². The van der Waals surface area contributed by atoms with Gasteiger partial charge in [-0.1, -0.05) is 13.3 Å². The number of nitrogens with zero attached hydrogens (tertiary/aromatic N) is 1. The molecule has 1 aliphatic rings. The van der Waals surface area contributed by atoms with Gasteiger partial charge in [0.15, 0.2) is 5.78 Å². The van der Waals surface area contributed by atoms with Crippen molar-refractivity contribution in [3.63, 3.8) is 0 Å². The van der Waals surface area contributed by atoms with Crippen LogP contribution in [0, 0.1) is 0 Å². The van der Waals surface area contributed by atoms with Crippen LogP contribution in [0.3, 0.4) is 0 Å². The molecule has 0 fully saturated rings. The zero-order valence-electron chi connectivity index (χ0n) is 12.9. The molecule has 6 heteroatoms. The minimum atomic E-state index is -0.744. The SMILES string of the molecule is CCCCN1CCC(=O)C(C(=O)OCC)=C1C(=O)OCC. The van der Waals surface area contributed by atoms with Gasteiger partial charge in [-0.3, -0.25) is 4.79 Å². The van der Waals surface area contributed by atoms with E-state index in [2.05, 4.69) is 0 Å². The number of carbonyl (C=O) groups is 3. The fourth-order valence-electron chi connectivity index (χ4n) is 2.18. The van der Waals surface area contributed by atoms with Gasteiger partial charge in [0.2, 0.25) is 0 Å². The second kappa shape index (κ2) is 8.44. The summed E-state index contributed by atoms with van der Waals surface area (Å²) < 4.78 is 9.91. The molecule has 21 heavy (non-hydrogen) atoms. The number of carbonyl (C=O) groups excluding carboxylic acids is 3. The summed E-state index contributed by atoms with van der Waals surface area (Å²) in [7, 11) is 0. The molecule has 0 aliphatic carbocycles. The summed E-state index contributed by atoms with van der Waals surface area (Å²) >= 11 is 0. The minimum absolute atomic E-state index is 0.0556. The van der Waals surface area contributed by atoms with Gasteiger partial charge in [0.05, 0.1) is 13.2 Å². The number of ether oxygens (including phenoxy) is 2. The first-order valence-corrected chi connectivity index (χ1v) is 7.43. The van der Waals surface area contributed by atoms with Gasteiger partial charge in [-0.05, 0) is 20.3 Å². The molecule has 0 aromatic carbocycles. The second-order valence-electron chi connectivity index (χ2n) is 4.68. The molecule has 1 aliphatic heterocycles. The monoisotopic (exact) mass is 297 g/mol. The third kappa shape index (κ3) is 4.31. The van der Waals surface area contributed by atoms with Crippen molar-refractivity contribution in [2.24, 2.45) is 0 Å². The van der Waals surface area contributed by atoms with Crippen molar-refractivity contribution in [3.8, 4) is 0 Å². The molecule has 0 saturated carbocycles. The second-order valence-corrected chi connectivity index (χ2v) is 4.68. The number of ketones is 1. The number of hydrogen-bond acceptors (Lipinski definition) is 6. The standard InChI is InChI=1S/C15H23NO5/c1-4-7-9-16-10-8-11(17)12(14(18)20-5-2)13(16)15(19)21-6-3/h4-10H2,1-3H3. The summed E-state index contributed by atoms with van der Waals surface area (Å²) in [6, 6.07) is 0. The highest BCUT2D eigenvalue weighted by atomic mass is 16.5. The Morgan fingerprint density at radius 3 is 2.29 bits per heavy atom. The Morgan fingerprint density at radius 2 is 1.71 bits per heavy atom. The highest BCUT2D eigenvalue weighted by molar-refractivity contribution is 6.22. The summed E-state index contributed by atoms with van der Waals surface area (Å²) in [5.74, 6) is -1.74. The molecule has 0 radical (unpaired) electrons. The van der Waals surface area contributed by atoms with Crippen molar-refractivity contribution >= 4 is 17.7 Å². The van der Waals surface area contributed by atoms with E-state index in [1.807, 2.05) is 6.92 Å². The minimum Gasteiger partial charge on any atom is -0.462 e. The molecular formula is C15H23NO5. The lowest BCUT2D eigenvalue weighted by Gasteiger charge is -2.30. The predicted octanol–water partition coefficient (Wildman–Crippen LogP) is 1.44. The van der Waals surface area contributed by atoms with Crippen molar-refractivity contribution < 1.29 is 23.9 Å². The molecular weight excluding hydrogens is 274 g/mol. The lowest BCUT2D eigenvalue weighted by Crippen LogP contribution is -2.40. The lowest BCUT2D eigenvalue weighted by molar-refractivity contribution is -0.145. The number of Topliss-reactive ketones (excluding diaryl/α,β-unsaturated/α-hetero) is 1. The molecule has 0 amide bonds. The van der Waals surface area contributed by atoms with Crippen LogP contribution in [0.4, 0.5) is 0 Å². The molecule has 0 atom stereocenters. The first-order valence-electron chi connectivity index (χ1n) is 7.43. The van der Waals surface area contributed by atoms with Crippen molar-refractivity contribution in [1.29, 1.82) is 0 Å². The van der Waals surface area contributed by atoms with Crippen molar-refractivity contribution in [2.45, 2.75) is 40.0 Å². The Hall–Kier alpha value is -1.85. The molecule has 0 spiro atoms. The van der Waals surface area contributed by atoms with Crippen LogP contribution < -0.4 is 0 Å². The Kier molecular flexibility index (Phi) is 6.91. The molecule has 0 aromatic heterocycles. The molecule has 0 N–H and O–H groups in total. The summed E-state index contributed by atoms with van der Waals surface area (Å²) in [5.41, 5.74) is -0.113. The van der Waals surface area contributed by atoms with Crippen LogP contribution in [-0.2, 0) is 23.9 Å². The largest absolute Gasteiger partial charge is 0.462 e. The van der Waals surface area contributed by atoms with Crippen LogP contribution in [0.15, 0.2) is 11.3 Å². The third-order valence-electron chi connectivity index (χ3n) is 3.17. The zero-order valence-corrected chi connectivity index (χ0v) is 12.9. The fraction of sp³-hybridized carbons (Fsp3) is 0.667. The molecule has 0 bridgehead atoms. The number of unbranched alkanes of at least 4 members (excludes halogenated alkanes) is 1. The molecule has 1 rings (SSSR count). The third-order valence-corrected chi connectivity index (χ3v) is 3.17. The smallest absolute Gasteiger partial charge is 0.355 e. The van der Waals surface area contributed by atoms with Crippen molar-refractivity contribution in [2.75, 3.05) is 26.3 Å². The maximum atomic E-state index is 12.2. The van der Waals surface area contributed by atoms with Gasteiger partial charge in [-0.15, -0.1) is 0 Å². The Balaban J connectivity index is 3.20. The molecule has 0 unspecified atom stereocenters. The Morgan fingerprint density at radius 1 is 1.10 bits per heavy atom. The van der Waals surface area contributed by atoms with E-state index in [-0.39, 0.29) is 36.7 Å². The van der Waals surface area contributed by atoms with Crippen LogP contribution in [0.25, 0.3) is 0 Å². The van der Waals surface area contributed by atoms with Gasteiger partial charge in [-0.2, -0.15) is 0 Å². The number of rotatable bonds is 7. The van der Waals surface area contributed by atoms with E-state index < -0.39 is 11.9 Å². The van der Waals surface area contributed by atoms with E-state index in [1.54, 1.807) is 18.7 Å². The van der Waals surface area contributed by atoms with Gasteiger partial charge in [0.25, 0.3) is 0 Å². The topological polar surface area (TPSA) is 72.9 Å². The summed E-state index contributed by atoms with van der Waals surface area (Å²) in [6.45, 7) is 6.76. The van der Waals surface area contributed by atoms with Gasteiger partial charge in [0, 0.05) is 19.5 Å². The zero-order chi connectivity index (χ0) is 15.8. The van der Waals surface area contributed by atoms with E-state index in [4.69, 9.17) is 9.47 Å². The molecule has 118 valence electrons. The highest BCUT2D eigenvalue weighted by Crippen LogP contribution is 2.23. The highest BCUT2D eigenvalue weighted by Gasteiger charge is 2.36. The Labute approximate surface area is 125 Å². The maximum absolute atomic E-state index is 12.2. The van der Waals surface area contributed by atoms with Gasteiger partial charge < -0.3 is 14.4 Å². The Bertz CT molecular complexity index is 441. The van der Waals surface area contributed by atoms with E-state index in [0.717, 1.165) is 12.8 Å². The normalized spacial score (nSPS) is 15.2. The average Bonchev–Trinajstić information content (AvgIpc) is 2.45. The maximum Gasteiger partial charge on any atom is 0.355 e. The molecule has 0 saturated heterocycles. The number of esters is 2. The summed E-state index contributed by atoms with van der Waals surface area (Å²) in [6.07, 6.45) is 2.03. The van der Waals surface area contributed by atoms with Crippen LogP contribution >= 0.6 is 0 Å². The summed E-state index contributed by atoms with van der Waals surface area (Å²) in [5, 5.41) is 0. The van der Waals surface area contributed by atoms with E-state index in [0.29, 0.717) is 13.1 Å². The van der Waals surface area contributed by atoms with Crippen molar-refractivity contribution in [1.82, 2.24) is 4.90 Å². The van der Waals surface area contributed by atoms with Gasteiger partial charge in [-0.25, -0.2) is 9.59 Å².